The van der Waals surface area contributed by atoms with E-state index in [4.69, 9.17) is 4.98 Å². The number of aromatic nitrogens is 3. The van der Waals surface area contributed by atoms with E-state index < -0.39 is 0 Å². The molecule has 5 heteroatoms. The Bertz CT molecular complexity index is 790. The molecule has 0 aliphatic heterocycles. The molecular formula is C19H24N4S. The molecule has 0 unspecified atom stereocenters. The Morgan fingerprint density at radius 1 is 1.25 bits per heavy atom. The zero-order valence-electron chi connectivity index (χ0n) is 14.7. The molecule has 0 bridgehead atoms. The first-order chi connectivity index (χ1) is 11.5. The van der Waals surface area contributed by atoms with Crippen molar-refractivity contribution >= 4 is 11.3 Å². The summed E-state index contributed by atoms with van der Waals surface area (Å²) in [7, 11) is 2.15. The molecule has 0 aliphatic carbocycles. The second-order valence-electron chi connectivity index (χ2n) is 6.57. The standard InChI is InChI=1S/C19H24N4S/c1-14(2)19-21-17(13-24-19)12-22(4)11-16-6-7-18(10-15(16)3)23-9-5-8-20-23/h5-10,13-14H,11-12H2,1-4H3. The van der Waals surface area contributed by atoms with Crippen LogP contribution in [0.2, 0.25) is 0 Å². The third-order valence-electron chi connectivity index (χ3n) is 4.03. The summed E-state index contributed by atoms with van der Waals surface area (Å²) in [6, 6.07) is 8.46. The molecule has 0 amide bonds. The van der Waals surface area contributed by atoms with Gasteiger partial charge in [0.15, 0.2) is 0 Å². The van der Waals surface area contributed by atoms with E-state index in [9.17, 15) is 0 Å². The van der Waals surface area contributed by atoms with Crippen LogP contribution in [-0.2, 0) is 13.1 Å². The Morgan fingerprint density at radius 3 is 2.71 bits per heavy atom. The third kappa shape index (κ3) is 3.91. The molecular weight excluding hydrogens is 316 g/mol. The molecule has 126 valence electrons. The summed E-state index contributed by atoms with van der Waals surface area (Å²) in [6.07, 6.45) is 3.77. The van der Waals surface area contributed by atoms with E-state index in [-0.39, 0.29) is 0 Å². The predicted octanol–water partition coefficient (Wildman–Crippen LogP) is 4.39. The number of aryl methyl sites for hydroxylation is 1. The highest BCUT2D eigenvalue weighted by Gasteiger charge is 2.10. The van der Waals surface area contributed by atoms with E-state index in [0.29, 0.717) is 5.92 Å². The van der Waals surface area contributed by atoms with Gasteiger partial charge in [-0.1, -0.05) is 19.9 Å². The van der Waals surface area contributed by atoms with Crippen LogP contribution in [0, 0.1) is 6.92 Å². The maximum Gasteiger partial charge on any atom is 0.0954 e. The lowest BCUT2D eigenvalue weighted by Crippen LogP contribution is -2.18. The molecule has 0 aliphatic rings. The molecule has 0 atom stereocenters. The van der Waals surface area contributed by atoms with Gasteiger partial charge in [-0.05, 0) is 43.3 Å². The first-order valence-corrected chi connectivity index (χ1v) is 9.13. The molecule has 2 aromatic heterocycles. The summed E-state index contributed by atoms with van der Waals surface area (Å²) in [5.74, 6) is 0.506. The normalized spacial score (nSPS) is 11.6. The van der Waals surface area contributed by atoms with E-state index in [1.807, 2.05) is 16.9 Å². The van der Waals surface area contributed by atoms with E-state index in [1.165, 1.54) is 16.1 Å². The summed E-state index contributed by atoms with van der Waals surface area (Å²) < 4.78 is 1.89. The van der Waals surface area contributed by atoms with E-state index in [2.05, 4.69) is 61.4 Å². The van der Waals surface area contributed by atoms with Crippen LogP contribution in [-0.4, -0.2) is 26.7 Å². The second kappa shape index (κ2) is 7.28. The van der Waals surface area contributed by atoms with Gasteiger partial charge in [0.1, 0.15) is 0 Å². The first kappa shape index (κ1) is 16.9. The molecule has 3 rings (SSSR count). The third-order valence-corrected chi connectivity index (χ3v) is 5.22. The molecule has 4 nitrogen and oxygen atoms in total. The molecule has 0 radical (unpaired) electrons. The van der Waals surface area contributed by atoms with Crippen molar-refractivity contribution in [3.05, 3.63) is 63.9 Å². The van der Waals surface area contributed by atoms with Crippen molar-refractivity contribution in [3.63, 3.8) is 0 Å². The minimum absolute atomic E-state index is 0.506. The first-order valence-electron chi connectivity index (χ1n) is 8.25. The van der Waals surface area contributed by atoms with Crippen molar-refractivity contribution in [2.45, 2.75) is 39.8 Å². The van der Waals surface area contributed by atoms with Crippen molar-refractivity contribution in [2.24, 2.45) is 0 Å². The van der Waals surface area contributed by atoms with Crippen LogP contribution in [0.1, 0.15) is 41.6 Å². The highest BCUT2D eigenvalue weighted by atomic mass is 32.1. The fourth-order valence-electron chi connectivity index (χ4n) is 2.71. The maximum atomic E-state index is 4.73. The van der Waals surface area contributed by atoms with Gasteiger partial charge >= 0.3 is 0 Å². The van der Waals surface area contributed by atoms with Crippen LogP contribution in [0.4, 0.5) is 0 Å². The molecule has 0 N–H and O–H groups in total. The average Bonchev–Trinajstić information content (AvgIpc) is 3.20. The number of rotatable bonds is 6. The number of hydrogen-bond acceptors (Lipinski definition) is 4. The summed E-state index contributed by atoms with van der Waals surface area (Å²) in [6.45, 7) is 8.34. The van der Waals surface area contributed by atoms with Crippen LogP contribution in [0.5, 0.6) is 0 Å². The van der Waals surface area contributed by atoms with Crippen LogP contribution in [0.25, 0.3) is 5.69 Å². The van der Waals surface area contributed by atoms with Gasteiger partial charge in [0.25, 0.3) is 0 Å². The highest BCUT2D eigenvalue weighted by molar-refractivity contribution is 7.09. The fourth-order valence-corrected chi connectivity index (χ4v) is 3.53. The Kier molecular flexibility index (Phi) is 5.11. The Labute approximate surface area is 147 Å². The molecule has 1 aromatic carbocycles. The van der Waals surface area contributed by atoms with Gasteiger partial charge in [-0.3, -0.25) is 4.90 Å². The van der Waals surface area contributed by atoms with Crippen molar-refractivity contribution in [3.8, 4) is 5.69 Å². The summed E-state index contributed by atoms with van der Waals surface area (Å²) >= 11 is 1.76. The lowest BCUT2D eigenvalue weighted by atomic mass is 10.1. The molecule has 3 aromatic rings. The molecule has 0 saturated heterocycles. The topological polar surface area (TPSA) is 34.0 Å². The van der Waals surface area contributed by atoms with Crippen molar-refractivity contribution in [1.82, 2.24) is 19.7 Å². The van der Waals surface area contributed by atoms with Gasteiger partial charge in [0.2, 0.25) is 0 Å². The van der Waals surface area contributed by atoms with Gasteiger partial charge in [0.05, 0.1) is 16.4 Å². The van der Waals surface area contributed by atoms with E-state index in [1.54, 1.807) is 17.5 Å². The second-order valence-corrected chi connectivity index (χ2v) is 7.46. The SMILES string of the molecule is Cc1cc(-n2cccn2)ccc1CN(C)Cc1csc(C(C)C)n1. The van der Waals surface area contributed by atoms with Crippen LogP contribution in [0.15, 0.2) is 42.0 Å². The maximum absolute atomic E-state index is 4.73. The monoisotopic (exact) mass is 340 g/mol. The van der Waals surface area contributed by atoms with Crippen molar-refractivity contribution < 1.29 is 0 Å². The van der Waals surface area contributed by atoms with E-state index in [0.717, 1.165) is 24.5 Å². The number of nitrogens with zero attached hydrogens (tertiary/aromatic N) is 4. The number of hydrogen-bond donors (Lipinski definition) is 0. The minimum Gasteiger partial charge on any atom is -0.296 e. The predicted molar refractivity (Wildman–Crippen MR) is 99.7 cm³/mol. The molecule has 0 saturated carbocycles. The zero-order chi connectivity index (χ0) is 17.1. The quantitative estimate of drug-likeness (QED) is 0.667. The Hall–Kier alpha value is -1.98. The van der Waals surface area contributed by atoms with Gasteiger partial charge in [-0.25, -0.2) is 9.67 Å². The molecule has 24 heavy (non-hydrogen) atoms. The Morgan fingerprint density at radius 2 is 2.08 bits per heavy atom. The van der Waals surface area contributed by atoms with Crippen LogP contribution < -0.4 is 0 Å². The highest BCUT2D eigenvalue weighted by Crippen LogP contribution is 2.21. The van der Waals surface area contributed by atoms with Gasteiger partial charge in [-0.2, -0.15) is 5.10 Å². The molecule has 2 heterocycles. The van der Waals surface area contributed by atoms with E-state index >= 15 is 0 Å². The zero-order valence-corrected chi connectivity index (χ0v) is 15.5. The van der Waals surface area contributed by atoms with Crippen LogP contribution >= 0.6 is 11.3 Å². The van der Waals surface area contributed by atoms with Gasteiger partial charge < -0.3 is 0 Å². The fraction of sp³-hybridized carbons (Fsp3) is 0.368. The van der Waals surface area contributed by atoms with Gasteiger partial charge in [-0.15, -0.1) is 11.3 Å². The van der Waals surface area contributed by atoms with Crippen molar-refractivity contribution in [2.75, 3.05) is 7.05 Å². The van der Waals surface area contributed by atoms with Crippen molar-refractivity contribution in [1.29, 1.82) is 0 Å². The lowest BCUT2D eigenvalue weighted by molar-refractivity contribution is 0.315. The largest absolute Gasteiger partial charge is 0.296 e. The Balaban J connectivity index is 1.66. The van der Waals surface area contributed by atoms with Gasteiger partial charge in [0, 0.05) is 36.8 Å². The summed E-state index contributed by atoms with van der Waals surface area (Å²) in [4.78, 5) is 7.04. The number of thiazole rings is 1. The lowest BCUT2D eigenvalue weighted by Gasteiger charge is -2.17. The molecule has 0 fully saturated rings. The average molecular weight is 340 g/mol. The van der Waals surface area contributed by atoms with Crippen LogP contribution in [0.3, 0.4) is 0 Å². The number of benzene rings is 1. The summed E-state index contributed by atoms with van der Waals surface area (Å²) in [5.41, 5.74) is 4.89. The molecule has 0 spiro atoms. The minimum atomic E-state index is 0.506. The summed E-state index contributed by atoms with van der Waals surface area (Å²) in [5, 5.41) is 7.69. The smallest absolute Gasteiger partial charge is 0.0954 e.